The van der Waals surface area contributed by atoms with E-state index in [0.29, 0.717) is 17.3 Å². The van der Waals surface area contributed by atoms with Crippen molar-refractivity contribution in [3.05, 3.63) is 33.3 Å². The summed E-state index contributed by atoms with van der Waals surface area (Å²) in [6.45, 7) is 1.37. The van der Waals surface area contributed by atoms with Crippen LogP contribution in [0.5, 0.6) is 0 Å². The van der Waals surface area contributed by atoms with E-state index in [1.54, 1.807) is 11.8 Å². The third-order valence-corrected chi connectivity index (χ3v) is 4.78. The van der Waals surface area contributed by atoms with E-state index >= 15 is 0 Å². The highest BCUT2D eigenvalue weighted by Crippen LogP contribution is 2.25. The van der Waals surface area contributed by atoms with Gasteiger partial charge in [0.15, 0.2) is 0 Å². The molecule has 0 spiro atoms. The molecule has 0 bridgehead atoms. The van der Waals surface area contributed by atoms with E-state index < -0.39 is 12.0 Å². The molecule has 0 aliphatic carbocycles. The van der Waals surface area contributed by atoms with Crippen LogP contribution in [0.15, 0.2) is 22.7 Å². The summed E-state index contributed by atoms with van der Waals surface area (Å²) >= 11 is 11.2. The molecular formula is C12H13BrClNO2S. The molecule has 6 heteroatoms. The van der Waals surface area contributed by atoms with Crippen LogP contribution >= 0.6 is 39.3 Å². The average molecular weight is 351 g/mol. The molecule has 1 aliphatic rings. The molecule has 1 fully saturated rings. The molecule has 98 valence electrons. The second-order valence-electron chi connectivity index (χ2n) is 4.14. The van der Waals surface area contributed by atoms with Gasteiger partial charge in [0.2, 0.25) is 0 Å². The summed E-state index contributed by atoms with van der Waals surface area (Å²) in [5.74, 6) is 0.858. The molecular weight excluding hydrogens is 338 g/mol. The lowest BCUT2D eigenvalue weighted by Crippen LogP contribution is -2.46. The lowest BCUT2D eigenvalue weighted by Gasteiger charge is -2.32. The van der Waals surface area contributed by atoms with Gasteiger partial charge < -0.3 is 5.11 Å². The smallest absolute Gasteiger partial charge is 0.321 e. The number of thioether (sulfide) groups is 1. The van der Waals surface area contributed by atoms with Gasteiger partial charge in [0.1, 0.15) is 6.04 Å². The Balaban J connectivity index is 2.13. The number of rotatable bonds is 3. The van der Waals surface area contributed by atoms with Gasteiger partial charge >= 0.3 is 5.97 Å². The van der Waals surface area contributed by atoms with E-state index in [0.717, 1.165) is 22.3 Å². The van der Waals surface area contributed by atoms with Crippen molar-refractivity contribution in [3.8, 4) is 0 Å². The van der Waals surface area contributed by atoms with Crippen LogP contribution in [0.25, 0.3) is 0 Å². The molecule has 18 heavy (non-hydrogen) atoms. The fraction of sp³-hybridized carbons (Fsp3) is 0.417. The number of carbonyl (C=O) groups is 1. The molecule has 0 aromatic heterocycles. The highest BCUT2D eigenvalue weighted by atomic mass is 79.9. The topological polar surface area (TPSA) is 40.5 Å². The van der Waals surface area contributed by atoms with Crippen LogP contribution in [0.1, 0.15) is 5.56 Å². The minimum absolute atomic E-state index is 0.413. The minimum atomic E-state index is -0.754. The summed E-state index contributed by atoms with van der Waals surface area (Å²) in [4.78, 5) is 13.2. The monoisotopic (exact) mass is 349 g/mol. The van der Waals surface area contributed by atoms with Crippen molar-refractivity contribution < 1.29 is 9.90 Å². The number of nitrogens with zero attached hydrogens (tertiary/aromatic N) is 1. The van der Waals surface area contributed by atoms with Crippen molar-refractivity contribution in [1.29, 1.82) is 0 Å². The molecule has 3 nitrogen and oxygen atoms in total. The van der Waals surface area contributed by atoms with Crippen molar-refractivity contribution in [2.24, 2.45) is 0 Å². The van der Waals surface area contributed by atoms with Gasteiger partial charge in [-0.3, -0.25) is 9.69 Å². The molecule has 1 aliphatic heterocycles. The summed E-state index contributed by atoms with van der Waals surface area (Å²) in [5, 5.41) is 9.88. The van der Waals surface area contributed by atoms with E-state index in [2.05, 4.69) is 15.9 Å². The number of hydrogen-bond acceptors (Lipinski definition) is 3. The highest BCUT2D eigenvalue weighted by Gasteiger charge is 2.28. The fourth-order valence-electron chi connectivity index (χ4n) is 1.92. The summed E-state index contributed by atoms with van der Waals surface area (Å²) in [6, 6.07) is 5.29. The lowest BCUT2D eigenvalue weighted by atomic mass is 10.1. The van der Waals surface area contributed by atoms with Crippen molar-refractivity contribution in [3.63, 3.8) is 0 Å². The normalized spacial score (nSPS) is 20.9. The lowest BCUT2D eigenvalue weighted by molar-refractivity contribution is -0.142. The second-order valence-corrected chi connectivity index (χ2v) is 6.61. The first kappa shape index (κ1) is 14.2. The minimum Gasteiger partial charge on any atom is -0.480 e. The zero-order valence-electron chi connectivity index (χ0n) is 9.60. The molecule has 0 radical (unpaired) electrons. The number of carboxylic acid groups (broad SMARTS) is 1. The first-order valence-electron chi connectivity index (χ1n) is 5.56. The van der Waals surface area contributed by atoms with Gasteiger partial charge in [-0.1, -0.05) is 33.6 Å². The molecule has 1 N–H and O–H groups in total. The third-order valence-electron chi connectivity index (χ3n) is 2.91. The first-order valence-corrected chi connectivity index (χ1v) is 7.89. The highest BCUT2D eigenvalue weighted by molar-refractivity contribution is 9.10. The average Bonchev–Trinajstić information content (AvgIpc) is 2.33. The third kappa shape index (κ3) is 3.41. The second kappa shape index (κ2) is 6.28. The zero-order valence-corrected chi connectivity index (χ0v) is 12.8. The maximum absolute atomic E-state index is 11.2. The Bertz CT molecular complexity index is 458. The van der Waals surface area contributed by atoms with Gasteiger partial charge in [0.05, 0.1) is 0 Å². The number of halogens is 2. The van der Waals surface area contributed by atoms with Crippen LogP contribution in [-0.2, 0) is 11.3 Å². The van der Waals surface area contributed by atoms with Crippen LogP contribution in [0.2, 0.25) is 5.02 Å². The maximum Gasteiger partial charge on any atom is 0.321 e. The first-order chi connectivity index (χ1) is 8.58. The van der Waals surface area contributed by atoms with Crippen molar-refractivity contribution >= 4 is 45.3 Å². The van der Waals surface area contributed by atoms with Gasteiger partial charge in [-0.25, -0.2) is 0 Å². The van der Waals surface area contributed by atoms with Crippen LogP contribution in [0.4, 0.5) is 0 Å². The van der Waals surface area contributed by atoms with Crippen LogP contribution in [0, 0.1) is 0 Å². The zero-order chi connectivity index (χ0) is 13.1. The number of benzene rings is 1. The van der Waals surface area contributed by atoms with E-state index in [1.807, 2.05) is 23.1 Å². The van der Waals surface area contributed by atoms with E-state index in [1.165, 1.54) is 0 Å². The molecule has 0 saturated carbocycles. The van der Waals surface area contributed by atoms with Crippen molar-refractivity contribution in [1.82, 2.24) is 4.90 Å². The Morgan fingerprint density at radius 2 is 2.39 bits per heavy atom. The Morgan fingerprint density at radius 1 is 1.61 bits per heavy atom. The molecule has 1 aromatic rings. The number of aliphatic carboxylic acids is 1. The van der Waals surface area contributed by atoms with Crippen LogP contribution in [-0.4, -0.2) is 40.1 Å². The van der Waals surface area contributed by atoms with Gasteiger partial charge in [0, 0.05) is 34.1 Å². The fourth-order valence-corrected chi connectivity index (χ4v) is 3.76. The van der Waals surface area contributed by atoms with Gasteiger partial charge in [-0.2, -0.15) is 11.8 Å². The summed E-state index contributed by atoms with van der Waals surface area (Å²) in [5.41, 5.74) is 0.970. The Hall–Kier alpha value is -0.230. The van der Waals surface area contributed by atoms with E-state index in [-0.39, 0.29) is 0 Å². The summed E-state index contributed by atoms with van der Waals surface area (Å²) in [6.07, 6.45) is 0. The molecule has 2 rings (SSSR count). The molecule has 1 atom stereocenters. The van der Waals surface area contributed by atoms with Gasteiger partial charge in [-0.05, 0) is 17.7 Å². The number of hydrogen-bond donors (Lipinski definition) is 1. The Labute approximate surface area is 124 Å². The molecule has 1 heterocycles. The summed E-state index contributed by atoms with van der Waals surface area (Å²) < 4.78 is 0.931. The van der Waals surface area contributed by atoms with E-state index in [9.17, 15) is 9.90 Å². The molecule has 1 unspecified atom stereocenters. The quantitative estimate of drug-likeness (QED) is 0.909. The number of carboxylic acids is 1. The van der Waals surface area contributed by atoms with Crippen molar-refractivity contribution in [2.75, 3.05) is 18.1 Å². The van der Waals surface area contributed by atoms with Crippen LogP contribution in [0.3, 0.4) is 0 Å². The predicted molar refractivity (Wildman–Crippen MR) is 78.3 cm³/mol. The Kier molecular flexibility index (Phi) is 4.95. The largest absolute Gasteiger partial charge is 0.480 e. The standard InChI is InChI=1S/C12H13BrClNO2S/c13-9-2-1-8(10(14)5-9)6-15-3-4-18-7-11(15)12(16)17/h1-2,5,11H,3-4,6-7H2,(H,16,17). The SMILES string of the molecule is O=C(O)C1CSCCN1Cc1ccc(Br)cc1Cl. The van der Waals surface area contributed by atoms with Gasteiger partial charge in [0.25, 0.3) is 0 Å². The predicted octanol–water partition coefficient (Wildman–Crippen LogP) is 3.10. The van der Waals surface area contributed by atoms with Crippen molar-refractivity contribution in [2.45, 2.75) is 12.6 Å². The Morgan fingerprint density at radius 3 is 3.06 bits per heavy atom. The molecule has 1 saturated heterocycles. The summed E-state index contributed by atoms with van der Waals surface area (Å²) in [7, 11) is 0. The maximum atomic E-state index is 11.2. The van der Waals surface area contributed by atoms with E-state index in [4.69, 9.17) is 11.6 Å². The van der Waals surface area contributed by atoms with Gasteiger partial charge in [-0.15, -0.1) is 0 Å². The molecule has 1 aromatic carbocycles. The molecule has 0 amide bonds. The van der Waals surface area contributed by atoms with Crippen LogP contribution < -0.4 is 0 Å².